The normalized spacial score (nSPS) is 15.6. The lowest BCUT2D eigenvalue weighted by Crippen LogP contribution is -2.44. The molecule has 1 fully saturated rings. The second-order valence-electron chi connectivity index (χ2n) is 4.97. The molecule has 108 valence electrons. The maximum absolute atomic E-state index is 9.42. The predicted octanol–water partition coefficient (Wildman–Crippen LogP) is 1.94. The van der Waals surface area contributed by atoms with Crippen LogP contribution >= 0.6 is 0 Å². The van der Waals surface area contributed by atoms with E-state index >= 15 is 0 Å². The first-order valence-corrected chi connectivity index (χ1v) is 7.05. The molecular weight excluding hydrogens is 264 g/mol. The number of phenols is 1. The Hall–Kier alpha value is -2.56. The maximum Gasteiger partial charge on any atom is 0.128 e. The minimum absolute atomic E-state index is 0.263. The Bertz CT molecular complexity index is 607. The van der Waals surface area contributed by atoms with Crippen LogP contribution in [0.3, 0.4) is 0 Å². The Morgan fingerprint density at radius 2 is 1.90 bits per heavy atom. The van der Waals surface area contributed by atoms with E-state index in [0.29, 0.717) is 0 Å². The number of aromatic nitrogens is 1. The molecule has 0 saturated carbocycles. The van der Waals surface area contributed by atoms with Crippen LogP contribution in [0, 0.1) is 0 Å². The number of nitrogens with zero attached hydrogens (tertiary/aromatic N) is 4. The molecule has 0 bridgehead atoms. The first-order chi connectivity index (χ1) is 10.3. The highest BCUT2D eigenvalue weighted by molar-refractivity contribution is 5.79. The van der Waals surface area contributed by atoms with Gasteiger partial charge in [-0.15, -0.1) is 0 Å². The first-order valence-electron chi connectivity index (χ1n) is 7.05. The van der Waals surface area contributed by atoms with Gasteiger partial charge in [0.25, 0.3) is 0 Å². The molecule has 0 spiro atoms. The lowest BCUT2D eigenvalue weighted by molar-refractivity contribution is 0.271. The molecule has 2 aromatic rings. The van der Waals surface area contributed by atoms with Crippen molar-refractivity contribution in [3.05, 3.63) is 54.2 Å². The zero-order valence-electron chi connectivity index (χ0n) is 11.8. The van der Waals surface area contributed by atoms with Crippen LogP contribution in [0.5, 0.6) is 5.75 Å². The summed E-state index contributed by atoms with van der Waals surface area (Å²) in [6.07, 6.45) is 3.61. The Morgan fingerprint density at radius 3 is 2.62 bits per heavy atom. The van der Waals surface area contributed by atoms with Crippen molar-refractivity contribution >= 4 is 12.0 Å². The van der Waals surface area contributed by atoms with Gasteiger partial charge >= 0.3 is 0 Å². The van der Waals surface area contributed by atoms with Crippen molar-refractivity contribution < 1.29 is 5.11 Å². The highest BCUT2D eigenvalue weighted by atomic mass is 16.3. The Labute approximate surface area is 124 Å². The summed E-state index contributed by atoms with van der Waals surface area (Å²) < 4.78 is 0. The summed E-state index contributed by atoms with van der Waals surface area (Å²) in [6.45, 7) is 3.56. The van der Waals surface area contributed by atoms with Crippen LogP contribution in [-0.2, 0) is 0 Å². The molecule has 1 N–H and O–H groups in total. The zero-order chi connectivity index (χ0) is 14.5. The highest BCUT2D eigenvalue weighted by Crippen LogP contribution is 2.13. The number of aromatic hydroxyl groups is 1. The zero-order valence-corrected chi connectivity index (χ0v) is 11.8. The molecular formula is C16H18N4O. The van der Waals surface area contributed by atoms with Gasteiger partial charge in [-0.05, 0) is 29.8 Å². The van der Waals surface area contributed by atoms with Gasteiger partial charge < -0.3 is 10.0 Å². The topological polar surface area (TPSA) is 52.0 Å². The van der Waals surface area contributed by atoms with Crippen molar-refractivity contribution in [1.82, 2.24) is 9.99 Å². The summed E-state index contributed by atoms with van der Waals surface area (Å²) in [4.78, 5) is 6.64. The van der Waals surface area contributed by atoms with Gasteiger partial charge in [0.05, 0.1) is 19.3 Å². The monoisotopic (exact) mass is 282 g/mol. The smallest absolute Gasteiger partial charge is 0.128 e. The van der Waals surface area contributed by atoms with Gasteiger partial charge in [-0.2, -0.15) is 5.10 Å². The fraction of sp³-hybridized carbons (Fsp3) is 0.250. The number of pyridine rings is 1. The van der Waals surface area contributed by atoms with Crippen molar-refractivity contribution in [3.8, 4) is 5.75 Å². The number of piperazine rings is 1. The van der Waals surface area contributed by atoms with Crippen LogP contribution in [0.1, 0.15) is 5.56 Å². The first kappa shape index (κ1) is 13.4. The average Bonchev–Trinajstić information content (AvgIpc) is 2.54. The van der Waals surface area contributed by atoms with E-state index in [4.69, 9.17) is 0 Å². The van der Waals surface area contributed by atoms with Crippen molar-refractivity contribution in [2.24, 2.45) is 5.10 Å². The molecule has 5 nitrogen and oxygen atoms in total. The van der Waals surface area contributed by atoms with Crippen molar-refractivity contribution in [2.75, 3.05) is 31.1 Å². The molecule has 1 aliphatic rings. The van der Waals surface area contributed by atoms with Gasteiger partial charge in [0.15, 0.2) is 0 Å². The lowest BCUT2D eigenvalue weighted by atomic mass is 10.2. The third kappa shape index (κ3) is 3.51. The molecule has 0 aliphatic carbocycles. The molecule has 0 unspecified atom stereocenters. The predicted molar refractivity (Wildman–Crippen MR) is 83.7 cm³/mol. The second-order valence-corrected chi connectivity index (χ2v) is 4.97. The molecule has 0 atom stereocenters. The van der Waals surface area contributed by atoms with E-state index < -0.39 is 0 Å². The summed E-state index contributed by atoms with van der Waals surface area (Å²) in [5, 5.41) is 15.9. The Kier molecular flexibility index (Phi) is 4.00. The average molecular weight is 282 g/mol. The van der Waals surface area contributed by atoms with E-state index in [9.17, 15) is 5.11 Å². The molecule has 0 amide bonds. The molecule has 21 heavy (non-hydrogen) atoms. The molecule has 5 heteroatoms. The van der Waals surface area contributed by atoms with E-state index in [1.807, 2.05) is 41.5 Å². The number of hydrogen-bond acceptors (Lipinski definition) is 5. The summed E-state index contributed by atoms with van der Waals surface area (Å²) >= 11 is 0. The SMILES string of the molecule is Oc1cccc(/C=N/N2CCN(c3ccccn3)CC2)c1. The third-order valence-corrected chi connectivity index (χ3v) is 3.47. The third-order valence-electron chi connectivity index (χ3n) is 3.47. The fourth-order valence-corrected chi connectivity index (χ4v) is 2.33. The summed E-state index contributed by atoms with van der Waals surface area (Å²) in [5.41, 5.74) is 0.905. The molecule has 0 radical (unpaired) electrons. The van der Waals surface area contributed by atoms with E-state index in [1.54, 1.807) is 18.3 Å². The van der Waals surface area contributed by atoms with Crippen LogP contribution < -0.4 is 4.90 Å². The van der Waals surface area contributed by atoms with E-state index in [1.165, 1.54) is 0 Å². The largest absolute Gasteiger partial charge is 0.508 e. The molecule has 1 aromatic heterocycles. The number of hydrogen-bond donors (Lipinski definition) is 1. The minimum atomic E-state index is 0.263. The highest BCUT2D eigenvalue weighted by Gasteiger charge is 2.15. The van der Waals surface area contributed by atoms with E-state index in [-0.39, 0.29) is 5.75 Å². The summed E-state index contributed by atoms with van der Waals surface area (Å²) in [7, 11) is 0. The van der Waals surface area contributed by atoms with E-state index in [0.717, 1.165) is 37.6 Å². The van der Waals surface area contributed by atoms with Crippen LogP contribution in [0.2, 0.25) is 0 Å². The van der Waals surface area contributed by atoms with Crippen molar-refractivity contribution in [2.45, 2.75) is 0 Å². The van der Waals surface area contributed by atoms with Crippen LogP contribution in [-0.4, -0.2) is 47.5 Å². The molecule has 1 saturated heterocycles. The fourth-order valence-electron chi connectivity index (χ4n) is 2.33. The Balaban J connectivity index is 1.56. The minimum Gasteiger partial charge on any atom is -0.508 e. The molecule has 2 heterocycles. The van der Waals surface area contributed by atoms with Gasteiger partial charge in [-0.1, -0.05) is 18.2 Å². The Morgan fingerprint density at radius 1 is 1.05 bits per heavy atom. The standard InChI is InChI=1S/C16H18N4O/c21-15-5-3-4-14(12-15)13-18-20-10-8-19(9-11-20)16-6-1-2-7-17-16/h1-7,12-13,21H,8-11H2/b18-13+. The summed E-state index contributed by atoms with van der Waals surface area (Å²) in [6, 6.07) is 13.1. The van der Waals surface area contributed by atoms with Crippen LogP contribution in [0.25, 0.3) is 0 Å². The van der Waals surface area contributed by atoms with Crippen LogP contribution in [0.15, 0.2) is 53.8 Å². The van der Waals surface area contributed by atoms with Gasteiger partial charge in [0.2, 0.25) is 0 Å². The number of rotatable bonds is 3. The number of hydrazone groups is 1. The van der Waals surface area contributed by atoms with Gasteiger partial charge in [-0.25, -0.2) is 4.98 Å². The van der Waals surface area contributed by atoms with Crippen LogP contribution in [0.4, 0.5) is 5.82 Å². The molecule has 1 aliphatic heterocycles. The quantitative estimate of drug-likeness (QED) is 0.874. The maximum atomic E-state index is 9.42. The number of phenolic OH excluding ortho intramolecular Hbond substituents is 1. The molecule has 3 rings (SSSR count). The lowest BCUT2D eigenvalue weighted by Gasteiger charge is -2.33. The van der Waals surface area contributed by atoms with Crippen molar-refractivity contribution in [1.29, 1.82) is 0 Å². The second kappa shape index (κ2) is 6.26. The van der Waals surface area contributed by atoms with Gasteiger partial charge in [0, 0.05) is 19.3 Å². The number of anilines is 1. The van der Waals surface area contributed by atoms with Gasteiger partial charge in [0.1, 0.15) is 11.6 Å². The summed E-state index contributed by atoms with van der Waals surface area (Å²) in [5.74, 6) is 1.29. The number of benzene rings is 1. The van der Waals surface area contributed by atoms with Gasteiger partial charge in [-0.3, -0.25) is 5.01 Å². The van der Waals surface area contributed by atoms with Crippen molar-refractivity contribution in [3.63, 3.8) is 0 Å². The molecule has 1 aromatic carbocycles. The van der Waals surface area contributed by atoms with E-state index in [2.05, 4.69) is 15.0 Å².